The van der Waals surface area contributed by atoms with Crippen molar-refractivity contribution in [2.75, 3.05) is 0 Å². The van der Waals surface area contributed by atoms with Crippen LogP contribution in [0.15, 0.2) is 115 Å². The molecule has 2 atom stereocenters. The molecule has 0 unspecified atom stereocenters. The highest BCUT2D eigenvalue weighted by Crippen LogP contribution is 2.73. The third kappa shape index (κ3) is 2.03. The lowest BCUT2D eigenvalue weighted by Crippen LogP contribution is -2.30. The van der Waals surface area contributed by atoms with Crippen LogP contribution in [0.4, 0.5) is 0 Å². The van der Waals surface area contributed by atoms with Crippen molar-refractivity contribution >= 4 is 10.9 Å². The Morgan fingerprint density at radius 1 is 0.548 bits per heavy atom. The average molecular weight is 397 g/mol. The van der Waals surface area contributed by atoms with Crippen LogP contribution in [0.5, 0.6) is 0 Å². The molecular formula is C29H19NO. The minimum absolute atomic E-state index is 0.566. The van der Waals surface area contributed by atoms with Crippen molar-refractivity contribution in [3.05, 3.63) is 138 Å². The van der Waals surface area contributed by atoms with Crippen molar-refractivity contribution in [3.8, 4) is 11.3 Å². The second-order valence-electron chi connectivity index (χ2n) is 8.32. The van der Waals surface area contributed by atoms with E-state index in [0.29, 0.717) is 0 Å². The minimum atomic E-state index is -0.601. The molecule has 2 nitrogen and oxygen atoms in total. The van der Waals surface area contributed by atoms with Gasteiger partial charge in [-0.05, 0) is 23.3 Å². The van der Waals surface area contributed by atoms with E-state index in [0.717, 1.165) is 33.3 Å². The second-order valence-corrected chi connectivity index (χ2v) is 8.32. The molecule has 0 spiro atoms. The first-order valence-electron chi connectivity index (χ1n) is 10.7. The van der Waals surface area contributed by atoms with E-state index in [1.165, 1.54) is 11.1 Å². The van der Waals surface area contributed by atoms with Crippen molar-refractivity contribution in [1.82, 2.24) is 4.98 Å². The van der Waals surface area contributed by atoms with Gasteiger partial charge in [0.1, 0.15) is 0 Å². The molecule has 0 bridgehead atoms. The number of ether oxygens (including phenoxy) is 1. The van der Waals surface area contributed by atoms with E-state index in [1.807, 2.05) is 6.07 Å². The first-order chi connectivity index (χ1) is 15.3. The van der Waals surface area contributed by atoms with Gasteiger partial charge < -0.3 is 4.74 Å². The lowest BCUT2D eigenvalue weighted by molar-refractivity contribution is 0.302. The molecule has 2 heterocycles. The van der Waals surface area contributed by atoms with Gasteiger partial charge in [0.25, 0.3) is 0 Å². The van der Waals surface area contributed by atoms with Crippen LogP contribution in [0.3, 0.4) is 0 Å². The van der Waals surface area contributed by atoms with Crippen LogP contribution in [-0.4, -0.2) is 4.98 Å². The molecule has 31 heavy (non-hydrogen) atoms. The number of epoxide rings is 1. The molecule has 0 saturated carbocycles. The van der Waals surface area contributed by atoms with E-state index in [1.54, 1.807) is 0 Å². The fourth-order valence-corrected chi connectivity index (χ4v) is 5.46. The van der Waals surface area contributed by atoms with E-state index in [4.69, 9.17) is 9.72 Å². The maximum Gasteiger partial charge on any atom is 0.159 e. The highest BCUT2D eigenvalue weighted by molar-refractivity contribution is 5.88. The zero-order valence-electron chi connectivity index (χ0n) is 16.8. The predicted octanol–water partition coefficient (Wildman–Crippen LogP) is 6.43. The van der Waals surface area contributed by atoms with Crippen molar-refractivity contribution in [3.63, 3.8) is 0 Å². The molecule has 2 aliphatic rings. The number of benzene rings is 4. The Balaban J connectivity index is 1.65. The molecule has 1 fully saturated rings. The number of para-hydroxylation sites is 1. The zero-order valence-corrected chi connectivity index (χ0v) is 16.8. The predicted molar refractivity (Wildman–Crippen MR) is 123 cm³/mol. The Hall–Kier alpha value is -3.75. The van der Waals surface area contributed by atoms with Crippen LogP contribution < -0.4 is 0 Å². The maximum absolute atomic E-state index is 6.99. The zero-order chi connectivity index (χ0) is 20.5. The maximum atomic E-state index is 6.99. The van der Waals surface area contributed by atoms with Crippen molar-refractivity contribution in [1.29, 1.82) is 0 Å². The van der Waals surface area contributed by atoms with Crippen LogP contribution in [0.25, 0.3) is 22.2 Å². The SMILES string of the molecule is c1ccc([C@]23O[C@@]2(c2ccccc2)c2ccccc2-c2nc4ccccc4cc23)cc1. The Labute approximate surface area is 180 Å². The van der Waals surface area contributed by atoms with Crippen LogP contribution in [0, 0.1) is 0 Å². The van der Waals surface area contributed by atoms with Gasteiger partial charge in [0.05, 0.1) is 11.2 Å². The lowest BCUT2D eigenvalue weighted by Gasteiger charge is -2.30. The average Bonchev–Trinajstić information content (AvgIpc) is 3.58. The largest absolute Gasteiger partial charge is 0.342 e. The van der Waals surface area contributed by atoms with E-state index >= 15 is 0 Å². The van der Waals surface area contributed by atoms with Crippen molar-refractivity contribution in [2.45, 2.75) is 11.2 Å². The van der Waals surface area contributed by atoms with Gasteiger partial charge >= 0.3 is 0 Å². The van der Waals surface area contributed by atoms with Gasteiger partial charge in [0.2, 0.25) is 0 Å². The quantitative estimate of drug-likeness (QED) is 0.321. The summed E-state index contributed by atoms with van der Waals surface area (Å²) in [7, 11) is 0. The van der Waals surface area contributed by atoms with Crippen molar-refractivity contribution in [2.24, 2.45) is 0 Å². The molecule has 5 aromatic rings. The first-order valence-corrected chi connectivity index (χ1v) is 10.7. The van der Waals surface area contributed by atoms with E-state index in [9.17, 15) is 0 Å². The topological polar surface area (TPSA) is 25.4 Å². The summed E-state index contributed by atoms with van der Waals surface area (Å²) in [4.78, 5) is 5.15. The molecule has 0 radical (unpaired) electrons. The molecule has 1 aliphatic heterocycles. The number of hydrogen-bond donors (Lipinski definition) is 0. The van der Waals surface area contributed by atoms with Gasteiger partial charge in [0, 0.05) is 22.1 Å². The van der Waals surface area contributed by atoms with Gasteiger partial charge in [-0.25, -0.2) is 4.98 Å². The Morgan fingerprint density at radius 2 is 1.13 bits per heavy atom. The number of aromatic nitrogens is 1. The normalized spacial score (nSPS) is 23.0. The number of hydrogen-bond acceptors (Lipinski definition) is 2. The number of pyridine rings is 1. The monoisotopic (exact) mass is 397 g/mol. The van der Waals surface area contributed by atoms with Crippen molar-refractivity contribution < 1.29 is 4.74 Å². The number of rotatable bonds is 2. The minimum Gasteiger partial charge on any atom is -0.342 e. The molecule has 146 valence electrons. The standard InChI is InChI=1S/C29H19NO/c1-3-12-21(13-4-1)28-24-17-9-8-16-23(24)27-25(19-20-11-7-10-18-26(20)30-27)29(28,31-28)22-14-5-2-6-15-22/h1-19H/t28-,29+/m0/s1. The van der Waals surface area contributed by atoms with Crippen LogP contribution in [0.1, 0.15) is 22.3 Å². The Bertz CT molecular complexity index is 1460. The third-order valence-electron chi connectivity index (χ3n) is 6.79. The highest BCUT2D eigenvalue weighted by Gasteiger charge is 2.76. The fourth-order valence-electron chi connectivity index (χ4n) is 5.46. The van der Waals surface area contributed by atoms with Gasteiger partial charge in [-0.1, -0.05) is 103 Å². The molecule has 4 aromatic carbocycles. The molecular weight excluding hydrogens is 378 g/mol. The summed E-state index contributed by atoms with van der Waals surface area (Å²) in [6.07, 6.45) is 0. The van der Waals surface area contributed by atoms with Crippen LogP contribution in [0.2, 0.25) is 0 Å². The third-order valence-corrected chi connectivity index (χ3v) is 6.79. The van der Waals surface area contributed by atoms with Crippen LogP contribution >= 0.6 is 0 Å². The Kier molecular flexibility index (Phi) is 3.23. The van der Waals surface area contributed by atoms with E-state index < -0.39 is 11.2 Å². The van der Waals surface area contributed by atoms with Gasteiger partial charge in [0.15, 0.2) is 11.2 Å². The van der Waals surface area contributed by atoms with E-state index in [-0.39, 0.29) is 0 Å². The summed E-state index contributed by atoms with van der Waals surface area (Å²) in [5.74, 6) is 0. The second kappa shape index (κ2) is 5.90. The molecule has 0 amide bonds. The number of nitrogens with zero attached hydrogens (tertiary/aromatic N) is 1. The Morgan fingerprint density at radius 3 is 1.87 bits per heavy atom. The summed E-state index contributed by atoms with van der Waals surface area (Å²) >= 11 is 0. The first kappa shape index (κ1) is 17.0. The summed E-state index contributed by atoms with van der Waals surface area (Å²) < 4.78 is 6.99. The van der Waals surface area contributed by atoms with Gasteiger partial charge in [-0.3, -0.25) is 0 Å². The summed E-state index contributed by atoms with van der Waals surface area (Å²) in [5, 5.41) is 1.13. The summed E-state index contributed by atoms with van der Waals surface area (Å²) in [6.45, 7) is 0. The highest BCUT2D eigenvalue weighted by atomic mass is 16.6. The molecule has 7 rings (SSSR count). The summed E-state index contributed by atoms with van der Waals surface area (Å²) in [6, 6.07) is 40.4. The van der Waals surface area contributed by atoms with Crippen LogP contribution in [-0.2, 0) is 15.9 Å². The molecule has 2 heteroatoms. The lowest BCUT2D eigenvalue weighted by atomic mass is 9.67. The number of fused-ring (bicyclic) bond motifs is 7. The molecule has 1 saturated heterocycles. The fraction of sp³-hybridized carbons (Fsp3) is 0.0690. The van der Waals surface area contributed by atoms with Gasteiger partial charge in [-0.15, -0.1) is 0 Å². The molecule has 1 aliphatic carbocycles. The van der Waals surface area contributed by atoms with E-state index in [2.05, 4.69) is 109 Å². The molecule has 1 aromatic heterocycles. The van der Waals surface area contributed by atoms with Gasteiger partial charge in [-0.2, -0.15) is 0 Å². The molecule has 0 N–H and O–H groups in total. The summed E-state index contributed by atoms with van der Waals surface area (Å²) in [5.41, 5.74) is 6.65. The smallest absolute Gasteiger partial charge is 0.159 e.